The third kappa shape index (κ3) is 1.29. The monoisotopic (exact) mass is 214 g/mol. The number of nitrogens with zero attached hydrogens (tertiary/aromatic N) is 4. The first-order valence-corrected chi connectivity index (χ1v) is 5.01. The van der Waals surface area contributed by atoms with Gasteiger partial charge < -0.3 is 4.74 Å². The van der Waals surface area contributed by atoms with Crippen LogP contribution in [0.3, 0.4) is 0 Å². The van der Waals surface area contributed by atoms with Gasteiger partial charge in [0, 0.05) is 18.2 Å². The molecular weight excluding hydrogens is 204 g/mol. The lowest BCUT2D eigenvalue weighted by Crippen LogP contribution is -2.03. The first kappa shape index (κ1) is 9.08. The van der Waals surface area contributed by atoms with Gasteiger partial charge in [-0.3, -0.25) is 0 Å². The molecule has 0 spiro atoms. The summed E-state index contributed by atoms with van der Waals surface area (Å²) in [7, 11) is 1.82. The number of tetrazole rings is 1. The molecule has 16 heavy (non-hydrogen) atoms. The summed E-state index contributed by atoms with van der Waals surface area (Å²) in [6, 6.07) is 5.89. The Kier molecular flexibility index (Phi) is 1.96. The van der Waals surface area contributed by atoms with Gasteiger partial charge in [0.05, 0.1) is 0 Å². The number of aromatic nitrogens is 4. The summed E-state index contributed by atoms with van der Waals surface area (Å²) in [6.45, 7) is 0.619. The minimum Gasteiger partial charge on any atom is -0.489 e. The van der Waals surface area contributed by atoms with Gasteiger partial charge in [-0.1, -0.05) is 18.2 Å². The van der Waals surface area contributed by atoms with Gasteiger partial charge in [-0.25, -0.2) is 4.68 Å². The molecule has 5 nitrogen and oxygen atoms in total. The van der Waals surface area contributed by atoms with Gasteiger partial charge in [0.25, 0.3) is 0 Å². The maximum absolute atomic E-state index is 5.54. The van der Waals surface area contributed by atoms with Gasteiger partial charge in [-0.15, -0.1) is 5.10 Å². The van der Waals surface area contributed by atoms with Crippen LogP contribution in [0.25, 0.3) is 17.5 Å². The van der Waals surface area contributed by atoms with Crippen LogP contribution in [0.2, 0.25) is 0 Å². The first-order chi connectivity index (χ1) is 7.86. The van der Waals surface area contributed by atoms with E-state index in [2.05, 4.69) is 15.5 Å². The quantitative estimate of drug-likeness (QED) is 0.717. The lowest BCUT2D eigenvalue weighted by Gasteiger charge is -2.14. The lowest BCUT2D eigenvalue weighted by molar-refractivity contribution is 0.359. The number of aryl methyl sites for hydroxylation is 1. The molecule has 0 atom stereocenters. The van der Waals surface area contributed by atoms with Gasteiger partial charge in [0.15, 0.2) is 5.82 Å². The molecule has 0 saturated heterocycles. The third-order valence-electron chi connectivity index (χ3n) is 2.55. The van der Waals surface area contributed by atoms with Crippen molar-refractivity contribution in [1.82, 2.24) is 20.2 Å². The lowest BCUT2D eigenvalue weighted by atomic mass is 10.0. The Morgan fingerprint density at radius 1 is 1.38 bits per heavy atom. The molecular formula is C11H10N4O. The molecule has 0 bridgehead atoms. The zero-order valence-corrected chi connectivity index (χ0v) is 8.79. The second-order valence-corrected chi connectivity index (χ2v) is 3.56. The molecule has 1 aromatic carbocycles. The summed E-state index contributed by atoms with van der Waals surface area (Å²) in [6.07, 6.45) is 4.03. The number of fused-ring (bicyclic) bond motifs is 1. The predicted octanol–water partition coefficient (Wildman–Crippen LogP) is 1.28. The van der Waals surface area contributed by atoms with Crippen LogP contribution in [-0.2, 0) is 7.05 Å². The van der Waals surface area contributed by atoms with Crippen LogP contribution in [0.15, 0.2) is 24.3 Å². The van der Waals surface area contributed by atoms with E-state index in [-0.39, 0.29) is 0 Å². The zero-order chi connectivity index (χ0) is 11.0. The number of rotatable bonds is 1. The summed E-state index contributed by atoms with van der Waals surface area (Å²) in [4.78, 5) is 0. The van der Waals surface area contributed by atoms with Gasteiger partial charge in [-0.05, 0) is 22.6 Å². The second-order valence-electron chi connectivity index (χ2n) is 3.56. The summed E-state index contributed by atoms with van der Waals surface area (Å²) in [5.74, 6) is 1.62. The summed E-state index contributed by atoms with van der Waals surface area (Å²) in [5, 5.41) is 11.5. The van der Waals surface area contributed by atoms with Crippen molar-refractivity contribution in [3.05, 3.63) is 29.8 Å². The van der Waals surface area contributed by atoms with Crippen molar-refractivity contribution in [1.29, 1.82) is 0 Å². The van der Waals surface area contributed by atoms with Crippen molar-refractivity contribution in [3.8, 4) is 17.1 Å². The Labute approximate surface area is 92.3 Å². The van der Waals surface area contributed by atoms with Gasteiger partial charge >= 0.3 is 0 Å². The van der Waals surface area contributed by atoms with Crippen LogP contribution in [-0.4, -0.2) is 26.8 Å². The molecule has 2 aromatic rings. The van der Waals surface area contributed by atoms with E-state index < -0.39 is 0 Å². The Hall–Kier alpha value is -2.17. The molecule has 80 valence electrons. The van der Waals surface area contributed by atoms with Crippen LogP contribution in [0.1, 0.15) is 5.56 Å². The zero-order valence-electron chi connectivity index (χ0n) is 8.79. The van der Waals surface area contributed by atoms with Gasteiger partial charge in [0.1, 0.15) is 12.4 Å². The van der Waals surface area contributed by atoms with Crippen molar-refractivity contribution in [2.45, 2.75) is 0 Å². The molecule has 1 aromatic heterocycles. The van der Waals surface area contributed by atoms with Crippen LogP contribution in [0.5, 0.6) is 5.75 Å². The second kappa shape index (κ2) is 3.44. The molecule has 2 heterocycles. The summed E-state index contributed by atoms with van der Waals surface area (Å²) in [5.41, 5.74) is 2.02. The SMILES string of the molecule is Cn1nnnc1-c1cccc2c1C=CCO2. The number of benzene rings is 1. The molecule has 0 saturated carbocycles. The number of hydrogen-bond donors (Lipinski definition) is 0. The first-order valence-electron chi connectivity index (χ1n) is 5.01. The average molecular weight is 214 g/mol. The van der Waals surface area contributed by atoms with E-state index in [9.17, 15) is 0 Å². The molecule has 0 radical (unpaired) electrons. The molecule has 3 rings (SSSR count). The van der Waals surface area contributed by atoms with Crippen LogP contribution < -0.4 is 4.74 Å². The van der Waals surface area contributed by atoms with E-state index in [4.69, 9.17) is 4.74 Å². The molecule has 1 aliphatic heterocycles. The Balaban J connectivity index is 2.23. The van der Waals surface area contributed by atoms with Crippen LogP contribution >= 0.6 is 0 Å². The average Bonchev–Trinajstić information content (AvgIpc) is 2.75. The van der Waals surface area contributed by atoms with E-state index >= 15 is 0 Å². The molecule has 0 unspecified atom stereocenters. The van der Waals surface area contributed by atoms with E-state index in [0.29, 0.717) is 6.61 Å². The van der Waals surface area contributed by atoms with E-state index in [1.807, 2.05) is 37.4 Å². The maximum atomic E-state index is 5.54. The third-order valence-corrected chi connectivity index (χ3v) is 2.55. The van der Waals surface area contributed by atoms with Crippen molar-refractivity contribution < 1.29 is 4.74 Å². The highest BCUT2D eigenvalue weighted by atomic mass is 16.5. The fourth-order valence-corrected chi connectivity index (χ4v) is 1.80. The highest BCUT2D eigenvalue weighted by molar-refractivity contribution is 5.76. The topological polar surface area (TPSA) is 52.8 Å². The number of hydrogen-bond acceptors (Lipinski definition) is 4. The summed E-state index contributed by atoms with van der Waals surface area (Å²) < 4.78 is 7.19. The van der Waals surface area contributed by atoms with Crippen molar-refractivity contribution in [2.24, 2.45) is 7.05 Å². The predicted molar refractivity (Wildman–Crippen MR) is 58.8 cm³/mol. The van der Waals surface area contributed by atoms with E-state index in [0.717, 1.165) is 22.7 Å². The molecule has 5 heteroatoms. The largest absolute Gasteiger partial charge is 0.489 e. The Morgan fingerprint density at radius 3 is 3.12 bits per heavy atom. The Bertz CT molecular complexity index is 559. The van der Waals surface area contributed by atoms with Crippen molar-refractivity contribution in [2.75, 3.05) is 6.61 Å². The minimum absolute atomic E-state index is 0.619. The van der Waals surface area contributed by atoms with Gasteiger partial charge in [0.2, 0.25) is 0 Å². The highest BCUT2D eigenvalue weighted by Crippen LogP contribution is 2.32. The van der Waals surface area contributed by atoms with Crippen molar-refractivity contribution in [3.63, 3.8) is 0 Å². The summed E-state index contributed by atoms with van der Waals surface area (Å²) >= 11 is 0. The standard InChI is InChI=1S/C11H10N4O/c1-15-11(12-13-14-15)9-4-2-6-10-8(9)5-3-7-16-10/h2-6H,7H2,1H3. The molecule has 0 amide bonds. The minimum atomic E-state index is 0.619. The highest BCUT2D eigenvalue weighted by Gasteiger charge is 2.15. The normalized spacial score (nSPS) is 13.3. The number of ether oxygens (including phenoxy) is 1. The van der Waals surface area contributed by atoms with Crippen LogP contribution in [0, 0.1) is 0 Å². The fourth-order valence-electron chi connectivity index (χ4n) is 1.80. The van der Waals surface area contributed by atoms with E-state index in [1.165, 1.54) is 0 Å². The Morgan fingerprint density at radius 2 is 2.31 bits per heavy atom. The smallest absolute Gasteiger partial charge is 0.182 e. The maximum Gasteiger partial charge on any atom is 0.182 e. The molecule has 1 aliphatic rings. The van der Waals surface area contributed by atoms with Gasteiger partial charge in [-0.2, -0.15) is 0 Å². The van der Waals surface area contributed by atoms with Crippen molar-refractivity contribution >= 4 is 6.08 Å². The van der Waals surface area contributed by atoms with E-state index in [1.54, 1.807) is 4.68 Å². The fraction of sp³-hybridized carbons (Fsp3) is 0.182. The molecule has 0 N–H and O–H groups in total. The van der Waals surface area contributed by atoms with Crippen LogP contribution in [0.4, 0.5) is 0 Å². The molecule has 0 fully saturated rings. The molecule has 0 aliphatic carbocycles.